The standard InChI is InChI=1S/C19H19N3O5S/c1-14(19(24)22(2)16-6-4-3-5-7-16)27-18(23)13-21-28(25,26)17-10-8-15(12-20)9-11-17/h3-11,14,21H,13H2,1-2H3/t14-/m0/s1. The van der Waals surface area contributed by atoms with E-state index in [4.69, 9.17) is 10.00 Å². The summed E-state index contributed by atoms with van der Waals surface area (Å²) in [5.74, 6) is -1.34. The molecule has 0 aromatic heterocycles. The van der Waals surface area contributed by atoms with E-state index in [-0.39, 0.29) is 4.90 Å². The van der Waals surface area contributed by atoms with E-state index >= 15 is 0 Å². The van der Waals surface area contributed by atoms with Gasteiger partial charge in [-0.3, -0.25) is 9.59 Å². The number of carbonyl (C=O) groups excluding carboxylic acids is 2. The Labute approximate surface area is 163 Å². The van der Waals surface area contributed by atoms with Crippen LogP contribution in [0.25, 0.3) is 0 Å². The summed E-state index contributed by atoms with van der Waals surface area (Å²) in [5.41, 5.74) is 0.949. The molecule has 0 radical (unpaired) electrons. The Morgan fingerprint density at radius 1 is 1.14 bits per heavy atom. The molecule has 146 valence electrons. The summed E-state index contributed by atoms with van der Waals surface area (Å²) in [6.45, 7) is 0.782. The summed E-state index contributed by atoms with van der Waals surface area (Å²) < 4.78 is 31.5. The summed E-state index contributed by atoms with van der Waals surface area (Å²) in [6, 6.07) is 15.9. The van der Waals surface area contributed by atoms with Crippen LogP contribution < -0.4 is 9.62 Å². The Balaban J connectivity index is 1.92. The number of hydrogen-bond donors (Lipinski definition) is 1. The van der Waals surface area contributed by atoms with Gasteiger partial charge in [-0.15, -0.1) is 0 Å². The molecular formula is C19H19N3O5S. The number of benzene rings is 2. The first-order chi connectivity index (χ1) is 13.2. The number of hydrogen-bond acceptors (Lipinski definition) is 6. The van der Waals surface area contributed by atoms with E-state index < -0.39 is 34.5 Å². The van der Waals surface area contributed by atoms with Gasteiger partial charge >= 0.3 is 5.97 Å². The Bertz CT molecular complexity index is 982. The maximum atomic E-state index is 12.3. The van der Waals surface area contributed by atoms with Crippen LogP contribution in [0.1, 0.15) is 12.5 Å². The van der Waals surface area contributed by atoms with E-state index in [1.165, 1.54) is 36.1 Å². The lowest BCUT2D eigenvalue weighted by Gasteiger charge is -2.21. The maximum Gasteiger partial charge on any atom is 0.321 e. The number of nitriles is 1. The lowest BCUT2D eigenvalue weighted by atomic mass is 10.2. The largest absolute Gasteiger partial charge is 0.452 e. The fourth-order valence-electron chi connectivity index (χ4n) is 2.29. The molecule has 0 saturated heterocycles. The van der Waals surface area contributed by atoms with Crippen molar-refractivity contribution in [2.75, 3.05) is 18.5 Å². The number of para-hydroxylation sites is 1. The fourth-order valence-corrected chi connectivity index (χ4v) is 3.26. The number of rotatable bonds is 7. The molecule has 0 fully saturated rings. The molecule has 0 heterocycles. The third kappa shape index (κ3) is 5.39. The number of esters is 1. The number of likely N-dealkylation sites (N-methyl/N-ethyl adjacent to an activating group) is 1. The van der Waals surface area contributed by atoms with Gasteiger partial charge in [0.25, 0.3) is 5.91 Å². The highest BCUT2D eigenvalue weighted by Gasteiger charge is 2.23. The van der Waals surface area contributed by atoms with Gasteiger partial charge in [0.05, 0.1) is 16.5 Å². The zero-order valence-electron chi connectivity index (χ0n) is 15.3. The highest BCUT2D eigenvalue weighted by Crippen LogP contribution is 2.13. The van der Waals surface area contributed by atoms with Crippen LogP contribution in [-0.2, 0) is 24.3 Å². The second kappa shape index (κ2) is 9.12. The number of amides is 1. The van der Waals surface area contributed by atoms with E-state index in [9.17, 15) is 18.0 Å². The highest BCUT2D eigenvalue weighted by molar-refractivity contribution is 7.89. The Morgan fingerprint density at radius 2 is 1.75 bits per heavy atom. The number of nitrogens with zero attached hydrogens (tertiary/aromatic N) is 2. The lowest BCUT2D eigenvalue weighted by molar-refractivity contribution is -0.152. The van der Waals surface area contributed by atoms with Crippen molar-refractivity contribution in [3.63, 3.8) is 0 Å². The number of sulfonamides is 1. The minimum atomic E-state index is -3.95. The minimum absolute atomic E-state index is 0.0905. The first-order valence-corrected chi connectivity index (χ1v) is 9.75. The molecule has 9 heteroatoms. The predicted molar refractivity (Wildman–Crippen MR) is 102 cm³/mol. The van der Waals surface area contributed by atoms with E-state index in [0.717, 1.165) is 0 Å². The zero-order chi connectivity index (χ0) is 20.7. The van der Waals surface area contributed by atoms with Gasteiger partial charge in [0.1, 0.15) is 6.54 Å². The van der Waals surface area contributed by atoms with E-state index in [1.54, 1.807) is 31.3 Å². The van der Waals surface area contributed by atoms with Gasteiger partial charge < -0.3 is 9.64 Å². The molecule has 0 saturated carbocycles. The predicted octanol–water partition coefficient (Wildman–Crippen LogP) is 1.43. The third-order valence-electron chi connectivity index (χ3n) is 3.83. The topological polar surface area (TPSA) is 117 Å². The van der Waals surface area contributed by atoms with Gasteiger partial charge in [-0.05, 0) is 43.3 Å². The monoisotopic (exact) mass is 401 g/mol. The van der Waals surface area contributed by atoms with Crippen molar-refractivity contribution in [3.8, 4) is 6.07 Å². The smallest absolute Gasteiger partial charge is 0.321 e. The maximum absolute atomic E-state index is 12.3. The molecule has 0 aliphatic carbocycles. The Hall–Kier alpha value is -3.22. The summed E-state index contributed by atoms with van der Waals surface area (Å²) in [5, 5.41) is 8.74. The van der Waals surface area contributed by atoms with Gasteiger partial charge in [0, 0.05) is 12.7 Å². The van der Waals surface area contributed by atoms with Crippen molar-refractivity contribution in [2.24, 2.45) is 0 Å². The van der Waals surface area contributed by atoms with Gasteiger partial charge in [-0.2, -0.15) is 9.98 Å². The van der Waals surface area contributed by atoms with Crippen LogP contribution in [0.3, 0.4) is 0 Å². The van der Waals surface area contributed by atoms with Crippen molar-refractivity contribution in [1.82, 2.24) is 4.72 Å². The van der Waals surface area contributed by atoms with Gasteiger partial charge in [-0.25, -0.2) is 8.42 Å². The fraction of sp³-hybridized carbons (Fsp3) is 0.211. The highest BCUT2D eigenvalue weighted by atomic mass is 32.2. The molecule has 2 aromatic carbocycles. The Kier molecular flexibility index (Phi) is 6.87. The summed E-state index contributed by atoms with van der Waals surface area (Å²) in [6.07, 6.45) is -1.09. The molecule has 0 aliphatic rings. The molecule has 28 heavy (non-hydrogen) atoms. The van der Waals surface area contributed by atoms with E-state index in [2.05, 4.69) is 4.72 Å². The van der Waals surface area contributed by atoms with Crippen LogP contribution in [0.2, 0.25) is 0 Å². The summed E-state index contributed by atoms with van der Waals surface area (Å²) >= 11 is 0. The van der Waals surface area contributed by atoms with E-state index in [1.807, 2.05) is 12.1 Å². The first kappa shape index (κ1) is 21.1. The van der Waals surface area contributed by atoms with Crippen LogP contribution in [0.4, 0.5) is 5.69 Å². The number of anilines is 1. The second-order valence-corrected chi connectivity index (χ2v) is 7.59. The average Bonchev–Trinajstić information content (AvgIpc) is 2.72. The molecule has 0 bridgehead atoms. The first-order valence-electron chi connectivity index (χ1n) is 8.26. The van der Waals surface area contributed by atoms with Crippen molar-refractivity contribution >= 4 is 27.6 Å². The normalized spacial score (nSPS) is 11.9. The lowest BCUT2D eigenvalue weighted by Crippen LogP contribution is -2.39. The van der Waals surface area contributed by atoms with Crippen molar-refractivity contribution in [2.45, 2.75) is 17.9 Å². The molecule has 0 aliphatic heterocycles. The van der Waals surface area contributed by atoms with Crippen LogP contribution in [0.15, 0.2) is 59.5 Å². The van der Waals surface area contributed by atoms with Crippen LogP contribution in [0.5, 0.6) is 0 Å². The third-order valence-corrected chi connectivity index (χ3v) is 5.25. The van der Waals surface area contributed by atoms with E-state index in [0.29, 0.717) is 11.3 Å². The molecular weight excluding hydrogens is 382 g/mol. The van der Waals surface area contributed by atoms with Crippen molar-refractivity contribution in [1.29, 1.82) is 5.26 Å². The molecule has 2 rings (SSSR count). The van der Waals surface area contributed by atoms with Crippen molar-refractivity contribution in [3.05, 3.63) is 60.2 Å². The van der Waals surface area contributed by atoms with Crippen LogP contribution in [0, 0.1) is 11.3 Å². The minimum Gasteiger partial charge on any atom is -0.452 e. The van der Waals surface area contributed by atoms with Crippen LogP contribution >= 0.6 is 0 Å². The number of nitrogens with one attached hydrogen (secondary N) is 1. The molecule has 2 aromatic rings. The van der Waals surface area contributed by atoms with Gasteiger partial charge in [-0.1, -0.05) is 18.2 Å². The molecule has 1 amide bonds. The summed E-state index contributed by atoms with van der Waals surface area (Å²) in [7, 11) is -2.40. The molecule has 0 spiro atoms. The zero-order valence-corrected chi connectivity index (χ0v) is 16.1. The SMILES string of the molecule is C[C@H](OC(=O)CNS(=O)(=O)c1ccc(C#N)cc1)C(=O)N(C)c1ccccc1. The Morgan fingerprint density at radius 3 is 2.32 bits per heavy atom. The van der Waals surface area contributed by atoms with Crippen LogP contribution in [-0.4, -0.2) is 40.0 Å². The molecule has 1 N–H and O–H groups in total. The molecule has 0 unspecified atom stereocenters. The van der Waals surface area contributed by atoms with Gasteiger partial charge in [0.15, 0.2) is 6.10 Å². The second-order valence-electron chi connectivity index (χ2n) is 5.83. The van der Waals surface area contributed by atoms with Gasteiger partial charge in [0.2, 0.25) is 10.0 Å². The number of carbonyl (C=O) groups is 2. The molecule has 8 nitrogen and oxygen atoms in total. The quantitative estimate of drug-likeness (QED) is 0.702. The van der Waals surface area contributed by atoms with Crippen molar-refractivity contribution < 1.29 is 22.7 Å². The molecule has 1 atom stereocenters. The summed E-state index contributed by atoms with van der Waals surface area (Å²) in [4.78, 5) is 25.5. The average molecular weight is 401 g/mol. The number of ether oxygens (including phenoxy) is 1.